The molecule has 4 atom stereocenters. The van der Waals surface area contributed by atoms with Gasteiger partial charge in [-0.3, -0.25) is 9.59 Å². The van der Waals surface area contributed by atoms with Crippen LogP contribution in [0.25, 0.3) is 0 Å². The molecule has 0 aromatic heterocycles. The van der Waals surface area contributed by atoms with E-state index in [0.29, 0.717) is 29.1 Å². The lowest BCUT2D eigenvalue weighted by Crippen LogP contribution is -2.55. The van der Waals surface area contributed by atoms with Crippen molar-refractivity contribution >= 4 is 36.0 Å². The molecular formula is C21H22N4O5S. The molecule has 5 rings (SSSR count). The molecule has 1 aromatic carbocycles. The summed E-state index contributed by atoms with van der Waals surface area (Å²) in [5.74, 6) is -1.22. The molecule has 0 spiro atoms. The van der Waals surface area contributed by atoms with Crippen LogP contribution < -0.4 is 16.4 Å². The molecule has 0 saturated carbocycles. The Morgan fingerprint density at radius 2 is 2.03 bits per heavy atom. The Labute approximate surface area is 184 Å². The highest BCUT2D eigenvalue weighted by molar-refractivity contribution is 7.80. The number of allylic oxidation sites excluding steroid dienone is 2. The third-order valence-electron chi connectivity index (χ3n) is 6.56. The van der Waals surface area contributed by atoms with E-state index >= 15 is 0 Å². The van der Waals surface area contributed by atoms with Gasteiger partial charge in [0, 0.05) is 41.4 Å². The van der Waals surface area contributed by atoms with Crippen molar-refractivity contribution < 1.29 is 23.9 Å². The van der Waals surface area contributed by atoms with Gasteiger partial charge in [0.25, 0.3) is 0 Å². The Balaban J connectivity index is 1.56. The fraction of sp³-hybridized carbons (Fsp3) is 0.381. The van der Waals surface area contributed by atoms with Crippen molar-refractivity contribution in [2.24, 2.45) is 11.7 Å². The highest BCUT2D eigenvalue weighted by Gasteiger charge is 2.72. The summed E-state index contributed by atoms with van der Waals surface area (Å²) in [4.78, 5) is 41.1. The van der Waals surface area contributed by atoms with Gasteiger partial charge in [0.1, 0.15) is 6.61 Å². The molecule has 1 aromatic rings. The number of ether oxygens (including phenoxy) is 2. The third kappa shape index (κ3) is 2.75. The summed E-state index contributed by atoms with van der Waals surface area (Å²) in [6.45, 7) is 2.00. The fourth-order valence-corrected chi connectivity index (χ4v) is 5.28. The molecule has 3 aliphatic heterocycles. The Morgan fingerprint density at radius 3 is 2.68 bits per heavy atom. The first-order valence-electron chi connectivity index (χ1n) is 9.91. The number of nitrogens with one attached hydrogen (secondary N) is 2. The molecule has 0 bridgehead atoms. The van der Waals surface area contributed by atoms with Crippen LogP contribution in [0.1, 0.15) is 6.92 Å². The number of fused-ring (bicyclic) bond motifs is 4. The predicted octanol–water partition coefficient (Wildman–Crippen LogP) is 0.791. The maximum absolute atomic E-state index is 13.7. The minimum absolute atomic E-state index is 0.0789. The number of ketones is 2. The van der Waals surface area contributed by atoms with E-state index in [1.807, 2.05) is 4.90 Å². The second kappa shape index (κ2) is 6.84. The number of anilines is 1. The number of primary amides is 1. The van der Waals surface area contributed by atoms with Crippen molar-refractivity contribution in [2.75, 3.05) is 25.6 Å². The second-order valence-electron chi connectivity index (χ2n) is 8.09. The number of carbonyl (C=O) groups excluding carboxylic acids is 3. The molecule has 0 radical (unpaired) electrons. The van der Waals surface area contributed by atoms with Crippen molar-refractivity contribution in [1.29, 1.82) is 0 Å². The molecule has 10 heteroatoms. The molecular weight excluding hydrogens is 420 g/mol. The minimum Gasteiger partial charge on any atom is -0.449 e. The zero-order valence-corrected chi connectivity index (χ0v) is 17.9. The molecule has 2 fully saturated rings. The number of hydrogen-bond acceptors (Lipinski definition) is 9. The lowest BCUT2D eigenvalue weighted by atomic mass is 9.82. The van der Waals surface area contributed by atoms with E-state index in [1.54, 1.807) is 38.3 Å². The van der Waals surface area contributed by atoms with Crippen LogP contribution in [0.15, 0.2) is 51.7 Å². The van der Waals surface area contributed by atoms with Gasteiger partial charge in [-0.25, -0.2) is 4.79 Å². The van der Waals surface area contributed by atoms with Crippen molar-refractivity contribution in [3.8, 4) is 0 Å². The summed E-state index contributed by atoms with van der Waals surface area (Å²) in [7, 11) is 1.54. The lowest BCUT2D eigenvalue weighted by molar-refractivity contribution is -0.137. The zero-order chi connectivity index (χ0) is 22.1. The molecule has 3 heterocycles. The molecule has 2 saturated heterocycles. The molecule has 162 valence electrons. The monoisotopic (exact) mass is 442 g/mol. The number of nitrogens with two attached hydrogens (primary N) is 1. The molecule has 4 N–H and O–H groups in total. The maximum Gasteiger partial charge on any atom is 0.404 e. The molecule has 1 amide bonds. The Morgan fingerprint density at radius 1 is 1.32 bits per heavy atom. The van der Waals surface area contributed by atoms with Gasteiger partial charge in [0.15, 0.2) is 5.72 Å². The number of benzene rings is 1. The van der Waals surface area contributed by atoms with Crippen LogP contribution in [-0.4, -0.2) is 60.6 Å². The average Bonchev–Trinajstić information content (AvgIpc) is 3.35. The lowest BCUT2D eigenvalue weighted by Gasteiger charge is -2.39. The van der Waals surface area contributed by atoms with Gasteiger partial charge < -0.3 is 30.7 Å². The van der Waals surface area contributed by atoms with Gasteiger partial charge in [-0.1, -0.05) is 0 Å². The van der Waals surface area contributed by atoms with Crippen LogP contribution in [-0.2, 0) is 19.1 Å². The van der Waals surface area contributed by atoms with E-state index in [9.17, 15) is 14.4 Å². The highest BCUT2D eigenvalue weighted by atomic mass is 32.1. The summed E-state index contributed by atoms with van der Waals surface area (Å²) in [6.07, 6.45) is -0.948. The summed E-state index contributed by atoms with van der Waals surface area (Å²) >= 11 is 4.27. The van der Waals surface area contributed by atoms with Gasteiger partial charge in [-0.15, -0.1) is 12.6 Å². The highest BCUT2D eigenvalue weighted by Crippen LogP contribution is 2.55. The first-order valence-corrected chi connectivity index (χ1v) is 10.4. The Hall–Kier alpha value is -2.82. The Kier molecular flexibility index (Phi) is 4.44. The van der Waals surface area contributed by atoms with Crippen molar-refractivity contribution in [1.82, 2.24) is 10.2 Å². The first kappa shape index (κ1) is 20.1. The minimum atomic E-state index is -0.987. The van der Waals surface area contributed by atoms with E-state index in [0.717, 1.165) is 4.90 Å². The fourth-order valence-electron chi connectivity index (χ4n) is 5.13. The van der Waals surface area contributed by atoms with Crippen LogP contribution in [0, 0.1) is 5.92 Å². The second-order valence-corrected chi connectivity index (χ2v) is 8.61. The number of thiol groups is 1. The van der Waals surface area contributed by atoms with Crippen LogP contribution in [0.2, 0.25) is 0 Å². The number of methoxy groups -OCH3 is 1. The van der Waals surface area contributed by atoms with Crippen molar-refractivity contribution in [2.45, 2.75) is 29.6 Å². The van der Waals surface area contributed by atoms with E-state index in [1.165, 1.54) is 0 Å². The van der Waals surface area contributed by atoms with E-state index < -0.39 is 17.7 Å². The standard InChI is InChI=1S/C21H22N4O5S/c1-9-15(23-10-3-5-11(31)6-4-10)18(27)14-12(8-30-20(22)28)21(29-2)19-13(24-19)7-25(21)16(14)17(9)26/h3-6,12-13,19,23-24,31H,7-8H2,1-2H3,(H2,22,28)/t12-,13+,19+,21-/m1/s1. The van der Waals surface area contributed by atoms with Crippen LogP contribution >= 0.6 is 12.6 Å². The SMILES string of the molecule is CO[C@@]12[C@H](COC(N)=O)C3=C(C(=O)C(C)=C(Nc4ccc(S)cc4)C3=O)N1C[C@@H]1N[C@@H]12. The number of carbonyl (C=O) groups is 3. The number of amides is 1. The summed E-state index contributed by atoms with van der Waals surface area (Å²) < 4.78 is 11.1. The van der Waals surface area contributed by atoms with E-state index in [4.69, 9.17) is 15.2 Å². The summed E-state index contributed by atoms with van der Waals surface area (Å²) in [5.41, 5.74) is 6.02. The van der Waals surface area contributed by atoms with Gasteiger partial charge in [0.2, 0.25) is 11.6 Å². The normalized spacial score (nSPS) is 30.9. The third-order valence-corrected chi connectivity index (χ3v) is 6.86. The zero-order valence-electron chi connectivity index (χ0n) is 17.0. The van der Waals surface area contributed by atoms with Gasteiger partial charge in [-0.05, 0) is 31.2 Å². The van der Waals surface area contributed by atoms with Gasteiger partial charge in [-0.2, -0.15) is 0 Å². The quantitative estimate of drug-likeness (QED) is 0.299. The molecule has 31 heavy (non-hydrogen) atoms. The average molecular weight is 442 g/mol. The molecule has 9 nitrogen and oxygen atoms in total. The number of piperazine rings is 1. The number of hydrogen-bond donors (Lipinski definition) is 4. The number of Topliss-reactive ketones (excluding diaryl/α,β-unsaturated/α-hetero) is 2. The van der Waals surface area contributed by atoms with Gasteiger partial charge >= 0.3 is 6.09 Å². The van der Waals surface area contributed by atoms with E-state index in [2.05, 4.69) is 23.3 Å². The molecule has 1 aliphatic carbocycles. The van der Waals surface area contributed by atoms with Crippen molar-refractivity contribution in [3.63, 3.8) is 0 Å². The predicted molar refractivity (Wildman–Crippen MR) is 113 cm³/mol. The number of rotatable bonds is 5. The van der Waals surface area contributed by atoms with E-state index in [-0.39, 0.29) is 36.0 Å². The molecule has 4 aliphatic rings. The topological polar surface area (TPSA) is 133 Å². The number of nitrogens with zero attached hydrogens (tertiary/aromatic N) is 1. The van der Waals surface area contributed by atoms with Crippen LogP contribution in [0.5, 0.6) is 0 Å². The largest absolute Gasteiger partial charge is 0.449 e. The van der Waals surface area contributed by atoms with Crippen LogP contribution in [0.3, 0.4) is 0 Å². The van der Waals surface area contributed by atoms with Gasteiger partial charge in [0.05, 0.1) is 23.4 Å². The van der Waals surface area contributed by atoms with Crippen LogP contribution in [0.4, 0.5) is 10.5 Å². The Bertz CT molecular complexity index is 1080. The smallest absolute Gasteiger partial charge is 0.404 e. The first-order chi connectivity index (χ1) is 14.8. The van der Waals surface area contributed by atoms with Crippen molar-refractivity contribution in [3.05, 3.63) is 46.8 Å². The summed E-state index contributed by atoms with van der Waals surface area (Å²) in [6, 6.07) is 7.20. The summed E-state index contributed by atoms with van der Waals surface area (Å²) in [5, 5.41) is 6.42. The molecule has 0 unspecified atom stereocenters. The maximum atomic E-state index is 13.7.